The molecular formula is C12H25N3O4S. The SMILES string of the molecule is CCN1CCC(C(=O)NO)(S(=O)(=O)N(CC)CC)CC1. The molecule has 1 amide bonds. The van der Waals surface area contributed by atoms with Gasteiger partial charge in [0.05, 0.1) is 0 Å². The molecule has 0 radical (unpaired) electrons. The van der Waals surface area contributed by atoms with E-state index in [0.29, 0.717) is 26.2 Å². The molecule has 0 aliphatic carbocycles. The molecule has 0 unspecified atom stereocenters. The van der Waals surface area contributed by atoms with Crippen LogP contribution in [0.15, 0.2) is 0 Å². The van der Waals surface area contributed by atoms with Gasteiger partial charge in [-0.25, -0.2) is 18.2 Å². The number of carbonyl (C=O) groups excluding carboxylic acids is 1. The van der Waals surface area contributed by atoms with E-state index in [1.165, 1.54) is 4.31 Å². The van der Waals surface area contributed by atoms with E-state index in [4.69, 9.17) is 5.21 Å². The molecule has 0 spiro atoms. The first-order valence-electron chi connectivity index (χ1n) is 7.06. The van der Waals surface area contributed by atoms with Gasteiger partial charge in [-0.05, 0) is 19.4 Å². The number of hydrogen-bond donors (Lipinski definition) is 2. The average Bonchev–Trinajstić information content (AvgIpc) is 2.47. The van der Waals surface area contributed by atoms with E-state index in [0.717, 1.165) is 6.54 Å². The van der Waals surface area contributed by atoms with Crippen molar-refractivity contribution in [2.75, 3.05) is 32.7 Å². The summed E-state index contributed by atoms with van der Waals surface area (Å²) in [6.45, 7) is 8.00. The summed E-state index contributed by atoms with van der Waals surface area (Å²) >= 11 is 0. The van der Waals surface area contributed by atoms with E-state index in [1.54, 1.807) is 19.3 Å². The highest BCUT2D eigenvalue weighted by atomic mass is 32.2. The van der Waals surface area contributed by atoms with Crippen LogP contribution in [-0.4, -0.2) is 66.2 Å². The lowest BCUT2D eigenvalue weighted by Gasteiger charge is -2.41. The Morgan fingerprint density at radius 3 is 2.10 bits per heavy atom. The number of piperidine rings is 1. The van der Waals surface area contributed by atoms with Crippen molar-refractivity contribution in [3.63, 3.8) is 0 Å². The van der Waals surface area contributed by atoms with Crippen molar-refractivity contribution in [3.8, 4) is 0 Å². The second kappa shape index (κ2) is 6.84. The largest absolute Gasteiger partial charge is 0.303 e. The lowest BCUT2D eigenvalue weighted by molar-refractivity contribution is -0.133. The minimum Gasteiger partial charge on any atom is -0.303 e. The van der Waals surface area contributed by atoms with Gasteiger partial charge in [0.15, 0.2) is 4.75 Å². The number of nitrogens with zero attached hydrogens (tertiary/aromatic N) is 2. The van der Waals surface area contributed by atoms with Crippen LogP contribution < -0.4 is 5.48 Å². The summed E-state index contributed by atoms with van der Waals surface area (Å²) in [5.41, 5.74) is 1.55. The summed E-state index contributed by atoms with van der Waals surface area (Å²) < 4.78 is 25.3. The highest BCUT2D eigenvalue weighted by Gasteiger charge is 2.54. The van der Waals surface area contributed by atoms with Crippen LogP contribution in [0.25, 0.3) is 0 Å². The maximum atomic E-state index is 12.8. The first-order chi connectivity index (χ1) is 9.39. The fraction of sp³-hybridized carbons (Fsp3) is 0.917. The molecule has 20 heavy (non-hydrogen) atoms. The highest BCUT2D eigenvalue weighted by molar-refractivity contribution is 7.91. The molecule has 8 heteroatoms. The molecule has 1 heterocycles. The van der Waals surface area contributed by atoms with E-state index in [1.807, 2.05) is 6.92 Å². The van der Waals surface area contributed by atoms with Gasteiger partial charge in [0.1, 0.15) is 0 Å². The third kappa shape index (κ3) is 2.83. The molecule has 1 aliphatic heterocycles. The van der Waals surface area contributed by atoms with E-state index in [9.17, 15) is 13.2 Å². The third-order valence-electron chi connectivity index (χ3n) is 4.17. The highest BCUT2D eigenvalue weighted by Crippen LogP contribution is 2.33. The van der Waals surface area contributed by atoms with Crippen molar-refractivity contribution in [1.29, 1.82) is 0 Å². The molecule has 7 nitrogen and oxygen atoms in total. The van der Waals surface area contributed by atoms with E-state index in [-0.39, 0.29) is 12.8 Å². The molecule has 0 aromatic heterocycles. The van der Waals surface area contributed by atoms with Crippen molar-refractivity contribution in [2.24, 2.45) is 0 Å². The summed E-state index contributed by atoms with van der Waals surface area (Å²) in [7, 11) is -3.79. The molecule has 1 aliphatic rings. The molecule has 1 fully saturated rings. The zero-order chi connectivity index (χ0) is 15.4. The van der Waals surface area contributed by atoms with Gasteiger partial charge < -0.3 is 4.90 Å². The summed E-state index contributed by atoms with van der Waals surface area (Å²) in [5, 5.41) is 8.97. The Balaban J connectivity index is 3.17. The van der Waals surface area contributed by atoms with E-state index >= 15 is 0 Å². The Morgan fingerprint density at radius 1 is 1.25 bits per heavy atom. The Bertz CT molecular complexity index is 426. The minimum atomic E-state index is -3.79. The third-order valence-corrected chi connectivity index (χ3v) is 6.94. The molecule has 0 saturated carbocycles. The lowest BCUT2D eigenvalue weighted by Crippen LogP contribution is -2.61. The van der Waals surface area contributed by atoms with Crippen LogP contribution in [0.5, 0.6) is 0 Å². The predicted molar refractivity (Wildman–Crippen MR) is 75.8 cm³/mol. The fourth-order valence-corrected chi connectivity index (χ4v) is 4.90. The van der Waals surface area contributed by atoms with Gasteiger partial charge in [-0.3, -0.25) is 10.0 Å². The number of sulfonamides is 1. The Labute approximate surface area is 120 Å². The topological polar surface area (TPSA) is 90.0 Å². The standard InChI is InChI=1S/C12H25N3O4S/c1-4-14-9-7-12(8-10-14,11(16)13-17)20(18,19)15(5-2)6-3/h17H,4-10H2,1-3H3,(H,13,16). The molecule has 1 saturated heterocycles. The van der Waals surface area contributed by atoms with Crippen LogP contribution in [0.3, 0.4) is 0 Å². The number of nitrogens with one attached hydrogen (secondary N) is 1. The molecule has 2 N–H and O–H groups in total. The summed E-state index contributed by atoms with van der Waals surface area (Å²) in [6, 6.07) is 0. The predicted octanol–water partition coefficient (Wildman–Crippen LogP) is 0.0179. The second-order valence-electron chi connectivity index (χ2n) is 4.96. The van der Waals surface area contributed by atoms with Crippen molar-refractivity contribution < 1.29 is 18.4 Å². The number of likely N-dealkylation sites (tertiary alicyclic amines) is 1. The molecule has 0 bridgehead atoms. The molecule has 0 aromatic rings. The van der Waals surface area contributed by atoms with Crippen LogP contribution in [0.1, 0.15) is 33.6 Å². The van der Waals surface area contributed by atoms with Gasteiger partial charge in [0.2, 0.25) is 10.0 Å². The quantitative estimate of drug-likeness (QED) is 0.533. The smallest absolute Gasteiger partial charge is 0.266 e. The van der Waals surface area contributed by atoms with Crippen molar-refractivity contribution in [2.45, 2.75) is 38.4 Å². The molecule has 0 atom stereocenters. The monoisotopic (exact) mass is 307 g/mol. The van der Waals surface area contributed by atoms with Gasteiger partial charge in [0, 0.05) is 26.2 Å². The normalized spacial score (nSPS) is 20.1. The van der Waals surface area contributed by atoms with Gasteiger partial charge in [-0.2, -0.15) is 0 Å². The van der Waals surface area contributed by atoms with Crippen LogP contribution >= 0.6 is 0 Å². The fourth-order valence-electron chi connectivity index (χ4n) is 2.75. The van der Waals surface area contributed by atoms with Gasteiger partial charge in [-0.1, -0.05) is 20.8 Å². The minimum absolute atomic E-state index is 0.200. The maximum absolute atomic E-state index is 12.8. The van der Waals surface area contributed by atoms with Crippen molar-refractivity contribution in [3.05, 3.63) is 0 Å². The number of carbonyl (C=O) groups is 1. The van der Waals surface area contributed by atoms with Gasteiger partial charge in [0.25, 0.3) is 5.91 Å². The van der Waals surface area contributed by atoms with Crippen molar-refractivity contribution in [1.82, 2.24) is 14.7 Å². The number of rotatable bonds is 6. The first kappa shape index (κ1) is 17.4. The number of hydrogen-bond acceptors (Lipinski definition) is 5. The van der Waals surface area contributed by atoms with Gasteiger partial charge >= 0.3 is 0 Å². The Hall–Kier alpha value is -0.700. The zero-order valence-corrected chi connectivity index (χ0v) is 13.2. The Kier molecular flexibility index (Phi) is 5.93. The zero-order valence-electron chi connectivity index (χ0n) is 12.4. The average molecular weight is 307 g/mol. The first-order valence-corrected chi connectivity index (χ1v) is 8.50. The van der Waals surface area contributed by atoms with Crippen LogP contribution in [0.2, 0.25) is 0 Å². The second-order valence-corrected chi connectivity index (χ2v) is 7.21. The van der Waals surface area contributed by atoms with Crippen LogP contribution in [0, 0.1) is 0 Å². The maximum Gasteiger partial charge on any atom is 0.266 e. The summed E-state index contributed by atoms with van der Waals surface area (Å²) in [5.74, 6) is -0.819. The van der Waals surface area contributed by atoms with Crippen LogP contribution in [-0.2, 0) is 14.8 Å². The lowest BCUT2D eigenvalue weighted by atomic mass is 9.95. The molecule has 1 rings (SSSR count). The molecular weight excluding hydrogens is 282 g/mol. The molecule has 118 valence electrons. The molecule has 0 aromatic carbocycles. The summed E-state index contributed by atoms with van der Waals surface area (Å²) in [4.78, 5) is 14.2. The number of hydroxylamine groups is 1. The Morgan fingerprint density at radius 2 is 1.75 bits per heavy atom. The van der Waals surface area contributed by atoms with E-state index < -0.39 is 20.7 Å². The summed E-state index contributed by atoms with van der Waals surface area (Å²) in [6.07, 6.45) is 0.401. The number of amides is 1. The van der Waals surface area contributed by atoms with Crippen molar-refractivity contribution >= 4 is 15.9 Å². The van der Waals surface area contributed by atoms with Crippen LogP contribution in [0.4, 0.5) is 0 Å². The van der Waals surface area contributed by atoms with E-state index in [2.05, 4.69) is 4.90 Å². The van der Waals surface area contributed by atoms with Gasteiger partial charge in [-0.15, -0.1) is 0 Å².